The predicted octanol–water partition coefficient (Wildman–Crippen LogP) is 1.38. The van der Waals surface area contributed by atoms with Crippen molar-refractivity contribution >= 4 is 11.8 Å². The van der Waals surface area contributed by atoms with Gasteiger partial charge >= 0.3 is 0 Å². The molecule has 0 bridgehead atoms. The number of benzene rings is 1. The van der Waals surface area contributed by atoms with E-state index in [9.17, 15) is 14.0 Å². The summed E-state index contributed by atoms with van der Waals surface area (Å²) in [5, 5.41) is 3.34. The molecule has 6 heteroatoms. The van der Waals surface area contributed by atoms with Crippen LogP contribution in [0, 0.1) is 11.7 Å². The molecule has 1 N–H and O–H groups in total. The minimum Gasteiger partial charge on any atom is -0.335 e. The van der Waals surface area contributed by atoms with Crippen LogP contribution in [0.4, 0.5) is 4.39 Å². The summed E-state index contributed by atoms with van der Waals surface area (Å²) in [6.07, 6.45) is 1.66. The number of nitrogens with zero attached hydrogens (tertiary/aromatic N) is 2. The van der Waals surface area contributed by atoms with E-state index in [1.54, 1.807) is 15.9 Å². The summed E-state index contributed by atoms with van der Waals surface area (Å²) in [7, 11) is 0. The Bertz CT molecular complexity index is 622. The van der Waals surface area contributed by atoms with Gasteiger partial charge in [-0.25, -0.2) is 4.39 Å². The Labute approximate surface area is 141 Å². The van der Waals surface area contributed by atoms with Crippen molar-refractivity contribution in [2.24, 2.45) is 5.92 Å². The van der Waals surface area contributed by atoms with Crippen molar-refractivity contribution in [1.82, 2.24) is 15.1 Å². The smallest absolute Gasteiger partial charge is 0.242 e. The highest BCUT2D eigenvalue weighted by molar-refractivity contribution is 5.87. The van der Waals surface area contributed by atoms with Gasteiger partial charge in [-0.05, 0) is 44.0 Å². The molecule has 0 aliphatic carbocycles. The van der Waals surface area contributed by atoms with Gasteiger partial charge in [0.05, 0.1) is 6.54 Å². The SMILES string of the molecule is C[C@H]1C[C@@H](C(=O)N2CCN(Cc3cccc(F)c3)C(=O)C2)CCN1. The normalized spacial score (nSPS) is 25.0. The molecule has 2 aliphatic heterocycles. The van der Waals surface area contributed by atoms with Gasteiger partial charge in [0.2, 0.25) is 11.8 Å². The number of rotatable bonds is 3. The molecule has 0 aromatic heterocycles. The van der Waals surface area contributed by atoms with Crippen molar-refractivity contribution in [2.75, 3.05) is 26.2 Å². The lowest BCUT2D eigenvalue weighted by atomic mass is 9.92. The van der Waals surface area contributed by atoms with Crippen LogP contribution in [0.15, 0.2) is 24.3 Å². The third kappa shape index (κ3) is 3.93. The fourth-order valence-corrected chi connectivity index (χ4v) is 3.53. The lowest BCUT2D eigenvalue weighted by Gasteiger charge is -2.37. The van der Waals surface area contributed by atoms with E-state index < -0.39 is 0 Å². The predicted molar refractivity (Wildman–Crippen MR) is 88.6 cm³/mol. The molecule has 1 aromatic carbocycles. The van der Waals surface area contributed by atoms with Crippen LogP contribution in [0.5, 0.6) is 0 Å². The quantitative estimate of drug-likeness (QED) is 0.909. The number of carbonyl (C=O) groups excluding carboxylic acids is 2. The third-order valence-electron chi connectivity index (χ3n) is 4.87. The van der Waals surface area contributed by atoms with Gasteiger partial charge < -0.3 is 15.1 Å². The lowest BCUT2D eigenvalue weighted by Crippen LogP contribution is -2.54. The van der Waals surface area contributed by atoms with E-state index in [0.717, 1.165) is 24.9 Å². The molecule has 2 atom stereocenters. The zero-order chi connectivity index (χ0) is 17.1. The Balaban J connectivity index is 1.56. The molecule has 2 saturated heterocycles. The zero-order valence-electron chi connectivity index (χ0n) is 14.0. The van der Waals surface area contributed by atoms with E-state index in [2.05, 4.69) is 12.2 Å². The van der Waals surface area contributed by atoms with Gasteiger partial charge in [-0.1, -0.05) is 12.1 Å². The number of piperidine rings is 1. The Kier molecular flexibility index (Phi) is 5.14. The molecule has 24 heavy (non-hydrogen) atoms. The Hall–Kier alpha value is -1.95. The fourth-order valence-electron chi connectivity index (χ4n) is 3.53. The van der Waals surface area contributed by atoms with Crippen molar-refractivity contribution in [1.29, 1.82) is 0 Å². The number of amides is 2. The monoisotopic (exact) mass is 333 g/mol. The Morgan fingerprint density at radius 1 is 1.38 bits per heavy atom. The van der Waals surface area contributed by atoms with Crippen LogP contribution in [0.1, 0.15) is 25.3 Å². The van der Waals surface area contributed by atoms with Crippen LogP contribution in [-0.2, 0) is 16.1 Å². The lowest BCUT2D eigenvalue weighted by molar-refractivity contribution is -0.148. The molecule has 3 rings (SSSR count). The number of halogens is 1. The van der Waals surface area contributed by atoms with Crippen LogP contribution in [-0.4, -0.2) is 53.8 Å². The van der Waals surface area contributed by atoms with Crippen LogP contribution >= 0.6 is 0 Å². The summed E-state index contributed by atoms with van der Waals surface area (Å²) in [6, 6.07) is 6.64. The molecule has 5 nitrogen and oxygen atoms in total. The van der Waals surface area contributed by atoms with Crippen LogP contribution < -0.4 is 5.32 Å². The number of hydrogen-bond donors (Lipinski definition) is 1. The molecule has 0 spiro atoms. The first kappa shape index (κ1) is 16.9. The van der Waals surface area contributed by atoms with Crippen LogP contribution in [0.2, 0.25) is 0 Å². The molecule has 130 valence electrons. The highest BCUT2D eigenvalue weighted by Crippen LogP contribution is 2.20. The average Bonchev–Trinajstić information content (AvgIpc) is 2.56. The number of nitrogens with one attached hydrogen (secondary N) is 1. The van der Waals surface area contributed by atoms with Gasteiger partial charge in [-0.15, -0.1) is 0 Å². The second kappa shape index (κ2) is 7.30. The number of piperazine rings is 1. The second-order valence-electron chi connectivity index (χ2n) is 6.78. The molecule has 2 amide bonds. The third-order valence-corrected chi connectivity index (χ3v) is 4.87. The maximum atomic E-state index is 13.3. The molecule has 2 fully saturated rings. The van der Waals surface area contributed by atoms with E-state index >= 15 is 0 Å². The van der Waals surface area contributed by atoms with Crippen molar-refractivity contribution in [3.8, 4) is 0 Å². The Morgan fingerprint density at radius 3 is 2.92 bits per heavy atom. The molecule has 2 heterocycles. The van der Waals surface area contributed by atoms with E-state index in [1.165, 1.54) is 12.1 Å². The summed E-state index contributed by atoms with van der Waals surface area (Å²) in [5.74, 6) is -0.249. The van der Waals surface area contributed by atoms with E-state index in [0.29, 0.717) is 25.7 Å². The molecule has 1 aromatic rings. The molecular weight excluding hydrogens is 309 g/mol. The van der Waals surface area contributed by atoms with Gasteiger partial charge in [-0.2, -0.15) is 0 Å². The van der Waals surface area contributed by atoms with Crippen molar-refractivity contribution in [2.45, 2.75) is 32.4 Å². The van der Waals surface area contributed by atoms with Crippen molar-refractivity contribution < 1.29 is 14.0 Å². The topological polar surface area (TPSA) is 52.7 Å². The van der Waals surface area contributed by atoms with Gasteiger partial charge in [0, 0.05) is 31.6 Å². The summed E-state index contributed by atoms with van der Waals surface area (Å²) in [6.45, 7) is 4.52. The maximum Gasteiger partial charge on any atom is 0.242 e. The summed E-state index contributed by atoms with van der Waals surface area (Å²) < 4.78 is 13.3. The second-order valence-corrected chi connectivity index (χ2v) is 6.78. The largest absolute Gasteiger partial charge is 0.335 e. The molecule has 2 aliphatic rings. The van der Waals surface area contributed by atoms with Gasteiger partial charge in [0.25, 0.3) is 0 Å². The van der Waals surface area contributed by atoms with E-state index in [1.807, 2.05) is 6.07 Å². The first-order valence-electron chi connectivity index (χ1n) is 8.57. The van der Waals surface area contributed by atoms with Crippen molar-refractivity contribution in [3.05, 3.63) is 35.6 Å². The van der Waals surface area contributed by atoms with Crippen LogP contribution in [0.25, 0.3) is 0 Å². The molecule has 0 saturated carbocycles. The minimum atomic E-state index is -0.297. The molecule has 0 radical (unpaired) electrons. The first-order chi connectivity index (χ1) is 11.5. The summed E-state index contributed by atoms with van der Waals surface area (Å²) in [4.78, 5) is 28.4. The summed E-state index contributed by atoms with van der Waals surface area (Å²) in [5.41, 5.74) is 0.773. The standard InChI is InChI=1S/C18H24FN3O2/c1-13-9-15(5-6-20-13)18(24)22-8-7-21(17(23)12-22)11-14-3-2-4-16(19)10-14/h2-4,10,13,15,20H,5-9,11-12H2,1H3/t13-,15-/m0/s1. The molecule has 0 unspecified atom stereocenters. The van der Waals surface area contributed by atoms with E-state index in [-0.39, 0.29) is 30.1 Å². The minimum absolute atomic E-state index is 0.0174. The fraction of sp³-hybridized carbons (Fsp3) is 0.556. The van der Waals surface area contributed by atoms with Gasteiger partial charge in [-0.3, -0.25) is 9.59 Å². The molecular formula is C18H24FN3O2. The van der Waals surface area contributed by atoms with Crippen LogP contribution in [0.3, 0.4) is 0 Å². The van der Waals surface area contributed by atoms with Gasteiger partial charge in [0.15, 0.2) is 0 Å². The number of hydrogen-bond acceptors (Lipinski definition) is 3. The Morgan fingerprint density at radius 2 is 2.21 bits per heavy atom. The average molecular weight is 333 g/mol. The van der Waals surface area contributed by atoms with E-state index in [4.69, 9.17) is 0 Å². The highest BCUT2D eigenvalue weighted by atomic mass is 19.1. The first-order valence-corrected chi connectivity index (χ1v) is 8.57. The van der Waals surface area contributed by atoms with Gasteiger partial charge in [0.1, 0.15) is 5.82 Å². The maximum absolute atomic E-state index is 13.3. The number of carbonyl (C=O) groups is 2. The zero-order valence-corrected chi connectivity index (χ0v) is 14.0. The van der Waals surface area contributed by atoms with Crippen molar-refractivity contribution in [3.63, 3.8) is 0 Å². The summed E-state index contributed by atoms with van der Waals surface area (Å²) >= 11 is 0. The highest BCUT2D eigenvalue weighted by Gasteiger charge is 2.33.